The minimum Gasteiger partial charge on any atom is -0.397 e. The van der Waals surface area contributed by atoms with Crippen LogP contribution in [0.15, 0.2) is 24.5 Å². The Hall–Kier alpha value is -2.57. The highest BCUT2D eigenvalue weighted by Gasteiger charge is 2.07. The maximum Gasteiger partial charge on any atom is 0.250 e. The maximum atomic E-state index is 11.1. The van der Waals surface area contributed by atoms with Crippen LogP contribution in [-0.4, -0.2) is 20.7 Å². The Balaban J connectivity index is 2.10. The summed E-state index contributed by atoms with van der Waals surface area (Å²) in [6.07, 6.45) is 3.25. The Morgan fingerprint density at radius 1 is 1.56 bits per heavy atom. The first-order valence-corrected chi connectivity index (χ1v) is 5.34. The van der Waals surface area contributed by atoms with E-state index >= 15 is 0 Å². The van der Waals surface area contributed by atoms with E-state index < -0.39 is 5.91 Å². The average Bonchev–Trinajstić information content (AvgIpc) is 2.74. The largest absolute Gasteiger partial charge is 0.397 e. The molecule has 0 aliphatic carbocycles. The van der Waals surface area contributed by atoms with Crippen molar-refractivity contribution < 1.29 is 4.79 Å². The molecule has 94 valence electrons. The second-order valence-corrected chi connectivity index (χ2v) is 3.86. The number of carbonyl (C=O) groups excluding carboxylic acids is 1. The molecule has 7 heteroatoms. The number of aryl methyl sites for hydroxylation is 1. The van der Waals surface area contributed by atoms with Crippen LogP contribution in [0.25, 0.3) is 0 Å². The molecule has 1 amide bonds. The number of primary amides is 1. The van der Waals surface area contributed by atoms with Crippen molar-refractivity contribution in [2.45, 2.75) is 6.54 Å². The third kappa shape index (κ3) is 2.57. The number of nitrogens with zero attached hydrogens (tertiary/aromatic N) is 3. The van der Waals surface area contributed by atoms with E-state index in [-0.39, 0.29) is 11.3 Å². The molecule has 7 nitrogen and oxygen atoms in total. The predicted octanol–water partition coefficient (Wildman–Crippen LogP) is 0.108. The summed E-state index contributed by atoms with van der Waals surface area (Å²) in [4.78, 5) is 15.2. The molecule has 0 spiro atoms. The van der Waals surface area contributed by atoms with Crippen LogP contribution in [-0.2, 0) is 13.6 Å². The number of hydrogen-bond donors (Lipinski definition) is 3. The first kappa shape index (κ1) is 11.9. The molecule has 0 bridgehead atoms. The number of carbonyl (C=O) groups is 1. The number of anilines is 2. The lowest BCUT2D eigenvalue weighted by atomic mass is 10.2. The van der Waals surface area contributed by atoms with Gasteiger partial charge in [-0.25, -0.2) is 4.98 Å². The molecule has 0 aliphatic heterocycles. The summed E-state index contributed by atoms with van der Waals surface area (Å²) in [6.45, 7) is 0.510. The lowest BCUT2D eigenvalue weighted by molar-refractivity contribution is 0.100. The highest BCUT2D eigenvalue weighted by Crippen LogP contribution is 2.14. The zero-order valence-corrected chi connectivity index (χ0v) is 9.92. The minimum absolute atomic E-state index is 0.258. The summed E-state index contributed by atoms with van der Waals surface area (Å²) < 4.78 is 1.71. The third-order valence-corrected chi connectivity index (χ3v) is 2.42. The van der Waals surface area contributed by atoms with Gasteiger partial charge in [-0.2, -0.15) is 5.10 Å². The number of nitrogen functional groups attached to an aromatic ring is 1. The van der Waals surface area contributed by atoms with Gasteiger partial charge in [-0.15, -0.1) is 0 Å². The maximum absolute atomic E-state index is 11.1. The second kappa shape index (κ2) is 4.74. The molecule has 0 aromatic carbocycles. The molecule has 2 heterocycles. The van der Waals surface area contributed by atoms with Crippen LogP contribution in [0.5, 0.6) is 0 Å². The van der Waals surface area contributed by atoms with Crippen LogP contribution in [0.2, 0.25) is 0 Å². The van der Waals surface area contributed by atoms with Crippen molar-refractivity contribution in [2.24, 2.45) is 12.8 Å². The Labute approximate surface area is 104 Å². The third-order valence-electron chi connectivity index (χ3n) is 2.42. The highest BCUT2D eigenvalue weighted by molar-refractivity contribution is 5.98. The van der Waals surface area contributed by atoms with Crippen molar-refractivity contribution in [1.29, 1.82) is 0 Å². The standard InChI is InChI=1S/C11H14N6O/c1-17-3-2-7(16-17)5-14-10-4-8(11(13)18)9(12)6-15-10/h2-4,6H,5,12H2,1H3,(H2,13,18)(H,14,15). The summed E-state index contributed by atoms with van der Waals surface area (Å²) in [7, 11) is 1.84. The molecule has 5 N–H and O–H groups in total. The zero-order valence-electron chi connectivity index (χ0n) is 9.92. The van der Waals surface area contributed by atoms with Gasteiger partial charge in [-0.3, -0.25) is 9.48 Å². The lowest BCUT2D eigenvalue weighted by Gasteiger charge is -2.06. The predicted molar refractivity (Wildman–Crippen MR) is 67.7 cm³/mol. The van der Waals surface area contributed by atoms with Gasteiger partial charge in [0, 0.05) is 13.2 Å². The Morgan fingerprint density at radius 2 is 2.33 bits per heavy atom. The second-order valence-electron chi connectivity index (χ2n) is 3.86. The molecule has 2 aromatic rings. The van der Waals surface area contributed by atoms with Gasteiger partial charge in [0.15, 0.2) is 0 Å². The van der Waals surface area contributed by atoms with Gasteiger partial charge < -0.3 is 16.8 Å². The van der Waals surface area contributed by atoms with E-state index in [0.29, 0.717) is 12.4 Å². The van der Waals surface area contributed by atoms with Gasteiger partial charge in [0.1, 0.15) is 5.82 Å². The normalized spacial score (nSPS) is 10.3. The van der Waals surface area contributed by atoms with E-state index in [0.717, 1.165) is 5.69 Å². The SMILES string of the molecule is Cn1ccc(CNc2cc(C(N)=O)c(N)cn2)n1. The molecular weight excluding hydrogens is 232 g/mol. The first-order chi connectivity index (χ1) is 8.56. The van der Waals surface area contributed by atoms with Crippen molar-refractivity contribution in [1.82, 2.24) is 14.8 Å². The Bertz CT molecular complexity index is 577. The monoisotopic (exact) mass is 246 g/mol. The zero-order chi connectivity index (χ0) is 13.1. The average molecular weight is 246 g/mol. The van der Waals surface area contributed by atoms with Crippen molar-refractivity contribution in [3.8, 4) is 0 Å². The number of amides is 1. The van der Waals surface area contributed by atoms with Gasteiger partial charge in [0.25, 0.3) is 5.91 Å². The molecule has 2 rings (SSSR count). The van der Waals surface area contributed by atoms with Gasteiger partial charge in [0.05, 0.1) is 29.7 Å². The summed E-state index contributed by atoms with van der Waals surface area (Å²) in [5.74, 6) is -0.0422. The van der Waals surface area contributed by atoms with Crippen molar-refractivity contribution in [2.75, 3.05) is 11.1 Å². The molecule has 0 saturated carbocycles. The van der Waals surface area contributed by atoms with E-state index in [1.807, 2.05) is 19.3 Å². The summed E-state index contributed by atoms with van der Waals surface area (Å²) >= 11 is 0. The number of hydrogen-bond acceptors (Lipinski definition) is 5. The number of aromatic nitrogens is 3. The summed E-state index contributed by atoms with van der Waals surface area (Å²) in [6, 6.07) is 3.42. The number of rotatable bonds is 4. The summed E-state index contributed by atoms with van der Waals surface area (Å²) in [5.41, 5.74) is 12.2. The molecular formula is C11H14N6O. The highest BCUT2D eigenvalue weighted by atomic mass is 16.1. The van der Waals surface area contributed by atoms with E-state index in [1.165, 1.54) is 12.3 Å². The van der Waals surface area contributed by atoms with Crippen molar-refractivity contribution >= 4 is 17.4 Å². The van der Waals surface area contributed by atoms with Gasteiger partial charge >= 0.3 is 0 Å². The molecule has 0 fully saturated rings. The molecule has 0 aliphatic rings. The van der Waals surface area contributed by atoms with Crippen LogP contribution >= 0.6 is 0 Å². The van der Waals surface area contributed by atoms with Crippen molar-refractivity contribution in [3.05, 3.63) is 35.8 Å². The fourth-order valence-corrected chi connectivity index (χ4v) is 1.51. The fraction of sp³-hybridized carbons (Fsp3) is 0.182. The van der Waals surface area contributed by atoms with Crippen LogP contribution in [0.4, 0.5) is 11.5 Å². The minimum atomic E-state index is -0.573. The molecule has 0 saturated heterocycles. The molecule has 18 heavy (non-hydrogen) atoms. The topological polar surface area (TPSA) is 112 Å². The molecule has 0 atom stereocenters. The van der Waals surface area contributed by atoms with Crippen LogP contribution < -0.4 is 16.8 Å². The Kier molecular flexibility index (Phi) is 3.13. The molecule has 0 radical (unpaired) electrons. The smallest absolute Gasteiger partial charge is 0.250 e. The van der Waals surface area contributed by atoms with Crippen LogP contribution in [0.1, 0.15) is 16.1 Å². The number of pyridine rings is 1. The first-order valence-electron chi connectivity index (χ1n) is 5.34. The molecule has 0 unspecified atom stereocenters. The fourth-order valence-electron chi connectivity index (χ4n) is 1.51. The lowest BCUT2D eigenvalue weighted by Crippen LogP contribution is -2.14. The van der Waals surface area contributed by atoms with E-state index in [9.17, 15) is 4.79 Å². The van der Waals surface area contributed by atoms with Crippen molar-refractivity contribution in [3.63, 3.8) is 0 Å². The van der Waals surface area contributed by atoms with Gasteiger partial charge in [-0.1, -0.05) is 0 Å². The van der Waals surface area contributed by atoms with Gasteiger partial charge in [0.2, 0.25) is 0 Å². The van der Waals surface area contributed by atoms with Crippen LogP contribution in [0, 0.1) is 0 Å². The number of nitrogens with two attached hydrogens (primary N) is 2. The van der Waals surface area contributed by atoms with E-state index in [2.05, 4.69) is 15.4 Å². The Morgan fingerprint density at radius 3 is 2.94 bits per heavy atom. The molecule has 2 aromatic heterocycles. The quantitative estimate of drug-likeness (QED) is 0.708. The number of nitrogens with one attached hydrogen (secondary N) is 1. The van der Waals surface area contributed by atoms with E-state index in [1.54, 1.807) is 4.68 Å². The summed E-state index contributed by atoms with van der Waals surface area (Å²) in [5, 5.41) is 7.26. The van der Waals surface area contributed by atoms with E-state index in [4.69, 9.17) is 11.5 Å². The van der Waals surface area contributed by atoms with Gasteiger partial charge in [-0.05, 0) is 12.1 Å². The van der Waals surface area contributed by atoms with Crippen LogP contribution in [0.3, 0.4) is 0 Å².